The van der Waals surface area contributed by atoms with Crippen molar-refractivity contribution in [1.82, 2.24) is 0 Å². The van der Waals surface area contributed by atoms with Crippen LogP contribution < -0.4 is 14.8 Å². The highest BCUT2D eigenvalue weighted by molar-refractivity contribution is 9.10. The van der Waals surface area contributed by atoms with Crippen LogP contribution in [0.15, 0.2) is 89.4 Å². The van der Waals surface area contributed by atoms with Gasteiger partial charge >= 0.3 is 0 Å². The Kier molecular flexibility index (Phi) is 9.07. The van der Waals surface area contributed by atoms with Gasteiger partial charge < -0.3 is 14.8 Å². The number of hydrogen-bond donors (Lipinski definition) is 1. The zero-order chi connectivity index (χ0) is 24.3. The Labute approximate surface area is 208 Å². The molecule has 6 heteroatoms. The van der Waals surface area contributed by atoms with Gasteiger partial charge in [-0.2, -0.15) is 5.26 Å². The zero-order valence-corrected chi connectivity index (χ0v) is 20.5. The van der Waals surface area contributed by atoms with Crippen LogP contribution in [-0.4, -0.2) is 12.5 Å². The van der Waals surface area contributed by atoms with Gasteiger partial charge in [-0.05, 0) is 66.9 Å². The van der Waals surface area contributed by atoms with E-state index in [1.54, 1.807) is 30.4 Å². The molecule has 172 valence electrons. The zero-order valence-electron chi connectivity index (χ0n) is 18.9. The molecular weight excluding hydrogens is 492 g/mol. The highest BCUT2D eigenvalue weighted by Gasteiger charge is 2.15. The van der Waals surface area contributed by atoms with Crippen LogP contribution in [0, 0.1) is 11.3 Å². The second kappa shape index (κ2) is 12.4. The molecule has 0 aromatic heterocycles. The van der Waals surface area contributed by atoms with E-state index in [2.05, 4.69) is 27.8 Å². The van der Waals surface area contributed by atoms with Crippen LogP contribution in [0.3, 0.4) is 0 Å². The van der Waals surface area contributed by atoms with E-state index >= 15 is 0 Å². The first-order valence-corrected chi connectivity index (χ1v) is 11.6. The number of nitrogens with one attached hydrogen (secondary N) is 1. The molecule has 0 unspecified atom stereocenters. The monoisotopic (exact) mass is 516 g/mol. The standard InChI is InChI=1S/C28H25BrN2O3/c1-3-8-22-15-21(16-23(18-30)28(32)31-25-9-6-5-7-10-25)17-26(33-4-2)27(22)34-19-20-11-13-24(29)14-12-20/h3,5-7,9-17H,1,4,8,19H2,2H3,(H,31,32)/b23-16-. The van der Waals surface area contributed by atoms with Crippen molar-refractivity contribution in [1.29, 1.82) is 5.26 Å². The molecule has 1 N–H and O–H groups in total. The Bertz CT molecular complexity index is 1210. The maximum Gasteiger partial charge on any atom is 0.266 e. The number of benzene rings is 3. The van der Waals surface area contributed by atoms with E-state index in [1.807, 2.05) is 61.5 Å². The van der Waals surface area contributed by atoms with Crippen LogP contribution in [0.2, 0.25) is 0 Å². The summed E-state index contributed by atoms with van der Waals surface area (Å²) in [5.74, 6) is 0.688. The Morgan fingerprint density at radius 3 is 2.50 bits per heavy atom. The average Bonchev–Trinajstić information content (AvgIpc) is 2.84. The molecule has 0 aliphatic heterocycles. The van der Waals surface area contributed by atoms with Crippen molar-refractivity contribution in [3.8, 4) is 17.6 Å². The first-order valence-electron chi connectivity index (χ1n) is 10.8. The molecule has 0 bridgehead atoms. The topological polar surface area (TPSA) is 71.4 Å². The molecule has 34 heavy (non-hydrogen) atoms. The molecule has 3 rings (SSSR count). The van der Waals surface area contributed by atoms with Gasteiger partial charge in [-0.25, -0.2) is 0 Å². The Morgan fingerprint density at radius 1 is 1.12 bits per heavy atom. The maximum atomic E-state index is 12.6. The molecule has 0 saturated carbocycles. The van der Waals surface area contributed by atoms with Crippen LogP contribution in [0.1, 0.15) is 23.6 Å². The van der Waals surface area contributed by atoms with Gasteiger partial charge in [-0.15, -0.1) is 6.58 Å². The largest absolute Gasteiger partial charge is 0.490 e. The van der Waals surface area contributed by atoms with Crippen molar-refractivity contribution in [2.24, 2.45) is 0 Å². The third-order valence-corrected chi connectivity index (χ3v) is 5.35. The van der Waals surface area contributed by atoms with E-state index in [0.29, 0.717) is 42.4 Å². The van der Waals surface area contributed by atoms with Gasteiger partial charge in [-0.3, -0.25) is 4.79 Å². The van der Waals surface area contributed by atoms with Gasteiger partial charge in [0.2, 0.25) is 0 Å². The van der Waals surface area contributed by atoms with Gasteiger partial charge in [0, 0.05) is 15.7 Å². The number of ether oxygens (including phenoxy) is 2. The van der Waals surface area contributed by atoms with Crippen LogP contribution in [0.4, 0.5) is 5.69 Å². The molecule has 0 saturated heterocycles. The minimum atomic E-state index is -0.479. The summed E-state index contributed by atoms with van der Waals surface area (Å²) in [5.41, 5.74) is 3.14. The normalized spacial score (nSPS) is 10.8. The Morgan fingerprint density at radius 2 is 1.85 bits per heavy atom. The molecule has 0 aliphatic carbocycles. The van der Waals surface area contributed by atoms with Crippen LogP contribution in [0.25, 0.3) is 6.08 Å². The van der Waals surface area contributed by atoms with Gasteiger partial charge in [0.15, 0.2) is 11.5 Å². The first kappa shape index (κ1) is 24.8. The van der Waals surface area contributed by atoms with E-state index in [-0.39, 0.29) is 5.57 Å². The Hall–Kier alpha value is -3.82. The number of nitriles is 1. The lowest BCUT2D eigenvalue weighted by Crippen LogP contribution is -2.13. The first-order chi connectivity index (χ1) is 16.5. The lowest BCUT2D eigenvalue weighted by Gasteiger charge is -2.17. The third kappa shape index (κ3) is 6.84. The van der Waals surface area contributed by atoms with E-state index in [0.717, 1.165) is 15.6 Å². The summed E-state index contributed by atoms with van der Waals surface area (Å²) in [6.45, 7) is 6.55. The lowest BCUT2D eigenvalue weighted by molar-refractivity contribution is -0.112. The van der Waals surface area contributed by atoms with Gasteiger partial charge in [0.05, 0.1) is 6.61 Å². The molecule has 3 aromatic carbocycles. The van der Waals surface area contributed by atoms with Crippen LogP contribution in [-0.2, 0) is 17.8 Å². The van der Waals surface area contributed by atoms with Crippen LogP contribution in [0.5, 0.6) is 11.5 Å². The van der Waals surface area contributed by atoms with Gasteiger partial charge in [0.25, 0.3) is 5.91 Å². The Balaban J connectivity index is 1.92. The number of anilines is 1. The van der Waals surface area contributed by atoms with Crippen molar-refractivity contribution in [2.45, 2.75) is 20.0 Å². The number of halogens is 1. The van der Waals surface area contributed by atoms with Crippen molar-refractivity contribution < 1.29 is 14.3 Å². The second-order valence-corrected chi connectivity index (χ2v) is 8.25. The van der Waals surface area contributed by atoms with Crippen LogP contribution >= 0.6 is 15.9 Å². The number of hydrogen-bond acceptors (Lipinski definition) is 4. The quantitative estimate of drug-likeness (QED) is 0.185. The number of carbonyl (C=O) groups excluding carboxylic acids is 1. The number of rotatable bonds is 10. The van der Waals surface area contributed by atoms with Gasteiger partial charge in [-0.1, -0.05) is 52.3 Å². The molecule has 0 radical (unpaired) electrons. The summed E-state index contributed by atoms with van der Waals surface area (Å²) in [4.78, 5) is 12.6. The molecular formula is C28H25BrN2O3. The molecule has 0 spiro atoms. The predicted molar refractivity (Wildman–Crippen MR) is 139 cm³/mol. The summed E-state index contributed by atoms with van der Waals surface area (Å²) in [6.07, 6.45) is 3.86. The highest BCUT2D eigenvalue weighted by Crippen LogP contribution is 2.35. The smallest absolute Gasteiger partial charge is 0.266 e. The van der Waals surface area contributed by atoms with E-state index in [1.165, 1.54) is 0 Å². The highest BCUT2D eigenvalue weighted by atomic mass is 79.9. The molecule has 0 atom stereocenters. The summed E-state index contributed by atoms with van der Waals surface area (Å²) < 4.78 is 13.0. The fraction of sp³-hybridized carbons (Fsp3) is 0.143. The molecule has 0 aliphatic rings. The SMILES string of the molecule is C=CCc1cc(/C=C(/C#N)C(=O)Nc2ccccc2)cc(OCC)c1OCc1ccc(Br)cc1. The number of nitrogens with zero attached hydrogens (tertiary/aromatic N) is 1. The average molecular weight is 517 g/mol. The fourth-order valence-corrected chi connectivity index (χ4v) is 3.54. The predicted octanol–water partition coefficient (Wildman–Crippen LogP) is 6.70. The molecule has 0 heterocycles. The maximum absolute atomic E-state index is 12.6. The van der Waals surface area contributed by atoms with Crippen molar-refractivity contribution in [3.05, 3.63) is 106 Å². The minimum Gasteiger partial charge on any atom is -0.490 e. The summed E-state index contributed by atoms with van der Waals surface area (Å²) >= 11 is 3.44. The van der Waals surface area contributed by atoms with Crippen molar-refractivity contribution in [3.63, 3.8) is 0 Å². The van der Waals surface area contributed by atoms with Crippen molar-refractivity contribution >= 4 is 33.6 Å². The fourth-order valence-electron chi connectivity index (χ4n) is 3.27. The van der Waals surface area contributed by atoms with E-state index in [9.17, 15) is 10.1 Å². The minimum absolute atomic E-state index is 0.0145. The molecule has 3 aromatic rings. The molecule has 5 nitrogen and oxygen atoms in total. The lowest BCUT2D eigenvalue weighted by atomic mass is 10.0. The van der Waals surface area contributed by atoms with E-state index < -0.39 is 5.91 Å². The summed E-state index contributed by atoms with van der Waals surface area (Å²) in [7, 11) is 0. The number of para-hydroxylation sites is 1. The number of allylic oxidation sites excluding steroid dienone is 1. The number of carbonyl (C=O) groups is 1. The third-order valence-electron chi connectivity index (χ3n) is 4.82. The second-order valence-electron chi connectivity index (χ2n) is 7.34. The van der Waals surface area contributed by atoms with Crippen molar-refractivity contribution in [2.75, 3.05) is 11.9 Å². The van der Waals surface area contributed by atoms with E-state index in [4.69, 9.17) is 9.47 Å². The number of amides is 1. The summed E-state index contributed by atoms with van der Waals surface area (Å²) in [5, 5.41) is 12.4. The molecule has 1 amide bonds. The molecule has 0 fully saturated rings. The summed E-state index contributed by atoms with van der Waals surface area (Å²) in [6, 6.07) is 22.6. The van der Waals surface area contributed by atoms with Gasteiger partial charge in [0.1, 0.15) is 18.2 Å².